The van der Waals surface area contributed by atoms with Gasteiger partial charge in [0.2, 0.25) is 0 Å². The Labute approximate surface area is 147 Å². The first-order valence-electron chi connectivity index (χ1n) is 8.37. The van der Waals surface area contributed by atoms with E-state index in [9.17, 15) is 9.59 Å². The molecule has 2 aromatic rings. The third-order valence-corrected chi connectivity index (χ3v) is 4.66. The summed E-state index contributed by atoms with van der Waals surface area (Å²) in [6.07, 6.45) is 2.28. The zero-order valence-corrected chi connectivity index (χ0v) is 14.5. The van der Waals surface area contributed by atoms with Crippen molar-refractivity contribution in [2.45, 2.75) is 25.9 Å². The van der Waals surface area contributed by atoms with Gasteiger partial charge in [-0.3, -0.25) is 14.6 Å². The van der Waals surface area contributed by atoms with E-state index in [-0.39, 0.29) is 17.6 Å². The number of fused-ring (bicyclic) bond motifs is 1. The van der Waals surface area contributed by atoms with Crippen molar-refractivity contribution in [1.82, 2.24) is 9.88 Å². The summed E-state index contributed by atoms with van der Waals surface area (Å²) >= 11 is 0. The number of carbonyl (C=O) groups excluding carboxylic acids is 2. The average molecular weight is 338 g/mol. The maximum absolute atomic E-state index is 13.1. The highest BCUT2D eigenvalue weighted by Crippen LogP contribution is 2.28. The maximum atomic E-state index is 13.1. The number of rotatable bonds is 3. The summed E-state index contributed by atoms with van der Waals surface area (Å²) in [6.45, 7) is 3.41. The number of amides is 2. The molecule has 2 heterocycles. The number of aromatic nitrogens is 1. The van der Waals surface area contributed by atoms with Crippen LogP contribution >= 0.6 is 0 Å². The van der Waals surface area contributed by atoms with Gasteiger partial charge >= 0.3 is 0 Å². The molecule has 6 nitrogen and oxygen atoms in total. The number of hydrogen-bond donors (Lipinski definition) is 1. The summed E-state index contributed by atoms with van der Waals surface area (Å²) < 4.78 is 0. The van der Waals surface area contributed by atoms with Gasteiger partial charge in [0, 0.05) is 38.1 Å². The lowest BCUT2D eigenvalue weighted by atomic mass is 10.1. The Morgan fingerprint density at radius 2 is 2.00 bits per heavy atom. The summed E-state index contributed by atoms with van der Waals surface area (Å²) in [5, 5.41) is 0. The van der Waals surface area contributed by atoms with Gasteiger partial charge < -0.3 is 15.5 Å². The molecule has 1 atom stereocenters. The second kappa shape index (κ2) is 6.93. The number of likely N-dealkylation sites (N-methyl/N-ethyl adjacent to an activating group) is 1. The highest BCUT2D eigenvalue weighted by Gasteiger charge is 2.29. The summed E-state index contributed by atoms with van der Waals surface area (Å²) in [7, 11) is 2.05. The highest BCUT2D eigenvalue weighted by atomic mass is 16.2. The molecule has 0 radical (unpaired) electrons. The van der Waals surface area contributed by atoms with Gasteiger partial charge in [0.1, 0.15) is 5.69 Å². The number of nitrogens with two attached hydrogens (primary N) is 1. The fraction of sp³-hybridized carbons (Fsp3) is 0.316. The van der Waals surface area contributed by atoms with E-state index in [0.717, 1.165) is 24.2 Å². The van der Waals surface area contributed by atoms with Gasteiger partial charge in [-0.2, -0.15) is 0 Å². The molecule has 0 saturated carbocycles. The third kappa shape index (κ3) is 3.33. The van der Waals surface area contributed by atoms with E-state index in [1.165, 1.54) is 12.3 Å². The summed E-state index contributed by atoms with van der Waals surface area (Å²) in [5.41, 5.74) is 8.11. The van der Waals surface area contributed by atoms with E-state index in [1.807, 2.05) is 17.0 Å². The molecule has 2 amide bonds. The van der Waals surface area contributed by atoms with Gasteiger partial charge in [-0.25, -0.2) is 0 Å². The molecule has 0 aliphatic carbocycles. The third-order valence-electron chi connectivity index (χ3n) is 4.66. The Balaban J connectivity index is 1.93. The van der Waals surface area contributed by atoms with E-state index in [2.05, 4.69) is 36.0 Å². The lowest BCUT2D eigenvalue weighted by Gasteiger charge is -2.30. The number of nitrogens with zero attached hydrogens (tertiary/aromatic N) is 3. The minimum atomic E-state index is -0.601. The normalized spacial score (nSPS) is 17.0. The summed E-state index contributed by atoms with van der Waals surface area (Å²) in [6, 6.07) is 11.3. The predicted molar refractivity (Wildman–Crippen MR) is 96.4 cm³/mol. The van der Waals surface area contributed by atoms with E-state index in [1.54, 1.807) is 6.07 Å². The number of primary amides is 1. The second-order valence-corrected chi connectivity index (χ2v) is 6.30. The number of hydrogen-bond acceptors (Lipinski definition) is 4. The molecule has 0 fully saturated rings. The molecule has 0 bridgehead atoms. The molecule has 25 heavy (non-hydrogen) atoms. The van der Waals surface area contributed by atoms with Crippen LogP contribution in [0.15, 0.2) is 42.6 Å². The fourth-order valence-electron chi connectivity index (χ4n) is 3.26. The Kier molecular flexibility index (Phi) is 4.70. The van der Waals surface area contributed by atoms with Crippen molar-refractivity contribution >= 4 is 17.5 Å². The SMILES string of the molecule is CC[C@@H]1CN(C)c2ccccc2CN1C(=O)c1ccc(C(N)=O)nc1. The Bertz CT molecular complexity index is 788. The summed E-state index contributed by atoms with van der Waals surface area (Å²) in [4.78, 5) is 32.3. The molecule has 1 aromatic carbocycles. The Morgan fingerprint density at radius 1 is 1.24 bits per heavy atom. The van der Waals surface area contributed by atoms with Crippen molar-refractivity contribution in [1.29, 1.82) is 0 Å². The minimum absolute atomic E-state index is 0.0829. The number of para-hydroxylation sites is 1. The van der Waals surface area contributed by atoms with Crippen LogP contribution in [0.3, 0.4) is 0 Å². The molecular formula is C19H22N4O2. The number of pyridine rings is 1. The van der Waals surface area contributed by atoms with Crippen LogP contribution in [0.5, 0.6) is 0 Å². The van der Waals surface area contributed by atoms with Crippen LogP contribution in [0.2, 0.25) is 0 Å². The van der Waals surface area contributed by atoms with Crippen LogP contribution in [-0.4, -0.2) is 41.3 Å². The summed E-state index contributed by atoms with van der Waals surface area (Å²) in [5.74, 6) is -0.684. The van der Waals surface area contributed by atoms with Crippen molar-refractivity contribution in [3.63, 3.8) is 0 Å². The maximum Gasteiger partial charge on any atom is 0.267 e. The van der Waals surface area contributed by atoms with Crippen molar-refractivity contribution in [2.24, 2.45) is 5.73 Å². The molecule has 3 rings (SSSR count). The van der Waals surface area contributed by atoms with Crippen LogP contribution < -0.4 is 10.6 Å². The van der Waals surface area contributed by atoms with Crippen molar-refractivity contribution < 1.29 is 9.59 Å². The number of anilines is 1. The molecule has 0 saturated heterocycles. The Hall–Kier alpha value is -2.89. The standard InChI is InChI=1S/C19H22N4O2/c1-3-15-12-22(2)17-7-5-4-6-14(17)11-23(15)19(25)13-8-9-16(18(20)24)21-10-13/h4-10,15H,3,11-12H2,1-2H3,(H2,20,24)/t15-/m1/s1. The predicted octanol–water partition coefficient (Wildman–Crippen LogP) is 2.05. The first kappa shape index (κ1) is 17.0. The van der Waals surface area contributed by atoms with E-state index >= 15 is 0 Å². The molecule has 0 unspecified atom stereocenters. The molecule has 2 N–H and O–H groups in total. The molecule has 6 heteroatoms. The van der Waals surface area contributed by atoms with Crippen LogP contribution in [0.25, 0.3) is 0 Å². The van der Waals surface area contributed by atoms with Gasteiger partial charge in [-0.15, -0.1) is 0 Å². The van der Waals surface area contributed by atoms with Crippen molar-refractivity contribution in [2.75, 3.05) is 18.5 Å². The lowest BCUT2D eigenvalue weighted by Crippen LogP contribution is -2.43. The smallest absolute Gasteiger partial charge is 0.267 e. The molecule has 1 aromatic heterocycles. The minimum Gasteiger partial charge on any atom is -0.372 e. The van der Waals surface area contributed by atoms with E-state index in [0.29, 0.717) is 12.1 Å². The Morgan fingerprint density at radius 3 is 2.64 bits per heavy atom. The van der Waals surface area contributed by atoms with E-state index < -0.39 is 5.91 Å². The molecule has 0 spiro atoms. The van der Waals surface area contributed by atoms with Crippen LogP contribution in [0.1, 0.15) is 39.8 Å². The van der Waals surface area contributed by atoms with Crippen molar-refractivity contribution in [3.05, 3.63) is 59.4 Å². The largest absolute Gasteiger partial charge is 0.372 e. The zero-order valence-electron chi connectivity index (χ0n) is 14.5. The monoisotopic (exact) mass is 338 g/mol. The second-order valence-electron chi connectivity index (χ2n) is 6.30. The van der Waals surface area contributed by atoms with Gasteiger partial charge in [0.25, 0.3) is 11.8 Å². The van der Waals surface area contributed by atoms with Gasteiger partial charge in [0.05, 0.1) is 5.56 Å². The van der Waals surface area contributed by atoms with Gasteiger partial charge in [-0.1, -0.05) is 25.1 Å². The average Bonchev–Trinajstić information content (AvgIpc) is 2.78. The first-order valence-corrected chi connectivity index (χ1v) is 8.37. The van der Waals surface area contributed by atoms with Crippen LogP contribution in [0.4, 0.5) is 5.69 Å². The topological polar surface area (TPSA) is 79.5 Å². The van der Waals surface area contributed by atoms with E-state index in [4.69, 9.17) is 5.73 Å². The lowest BCUT2D eigenvalue weighted by molar-refractivity contribution is 0.0666. The molecule has 1 aliphatic heterocycles. The van der Waals surface area contributed by atoms with Crippen molar-refractivity contribution in [3.8, 4) is 0 Å². The number of benzene rings is 1. The van der Waals surface area contributed by atoms with Gasteiger partial charge in [0.15, 0.2) is 0 Å². The molecular weight excluding hydrogens is 316 g/mol. The quantitative estimate of drug-likeness (QED) is 0.929. The zero-order chi connectivity index (χ0) is 18.0. The first-order chi connectivity index (χ1) is 12.0. The molecule has 130 valence electrons. The van der Waals surface area contributed by atoms with Gasteiger partial charge in [-0.05, 0) is 30.2 Å². The number of carbonyl (C=O) groups is 2. The van der Waals surface area contributed by atoms with Crippen LogP contribution in [-0.2, 0) is 6.54 Å². The van der Waals surface area contributed by atoms with Crippen LogP contribution in [0, 0.1) is 0 Å². The molecule has 1 aliphatic rings. The fourth-order valence-corrected chi connectivity index (χ4v) is 3.26. The highest BCUT2D eigenvalue weighted by molar-refractivity contribution is 5.96.